The molecule has 2 rings (SSSR count). The lowest BCUT2D eigenvalue weighted by atomic mass is 10.3. The van der Waals surface area contributed by atoms with Crippen LogP contribution in [0.25, 0.3) is 10.9 Å². The van der Waals surface area contributed by atoms with Crippen molar-refractivity contribution in [1.29, 1.82) is 0 Å². The Bertz CT molecular complexity index is 389. The fourth-order valence-corrected chi connectivity index (χ4v) is 1.20. The van der Waals surface area contributed by atoms with Crippen molar-refractivity contribution < 1.29 is 0 Å². The molecular formula is C8H9N3. The monoisotopic (exact) mass is 147 g/mol. The number of rotatable bonds is 0. The summed E-state index contributed by atoms with van der Waals surface area (Å²) in [5.74, 6) is 5.71. The molecule has 0 atom stereocenters. The predicted molar refractivity (Wildman–Crippen MR) is 44.6 cm³/mol. The lowest BCUT2D eigenvalue weighted by Crippen LogP contribution is -2.08. The van der Waals surface area contributed by atoms with Crippen LogP contribution in [0.5, 0.6) is 0 Å². The van der Waals surface area contributed by atoms with Gasteiger partial charge in [0.15, 0.2) is 0 Å². The Kier molecular flexibility index (Phi) is 1.12. The highest BCUT2D eigenvalue weighted by Gasteiger charge is 2.00. The third-order valence-electron chi connectivity index (χ3n) is 1.84. The average molecular weight is 147 g/mol. The SMILES string of the molecule is Cc1cc2ccncc2n1N. The lowest BCUT2D eigenvalue weighted by Gasteiger charge is -1.96. The minimum Gasteiger partial charge on any atom is -0.339 e. The summed E-state index contributed by atoms with van der Waals surface area (Å²) in [5.41, 5.74) is 2.03. The first-order valence-corrected chi connectivity index (χ1v) is 3.46. The summed E-state index contributed by atoms with van der Waals surface area (Å²) in [7, 11) is 0. The van der Waals surface area contributed by atoms with Gasteiger partial charge in [0.05, 0.1) is 11.7 Å². The van der Waals surface area contributed by atoms with Gasteiger partial charge in [-0.15, -0.1) is 0 Å². The van der Waals surface area contributed by atoms with Gasteiger partial charge in [0.25, 0.3) is 0 Å². The maximum absolute atomic E-state index is 5.71. The van der Waals surface area contributed by atoms with Crippen LogP contribution >= 0.6 is 0 Å². The number of hydrogen-bond acceptors (Lipinski definition) is 2. The number of nitrogen functional groups attached to an aromatic ring is 1. The number of nitrogens with two attached hydrogens (primary N) is 1. The zero-order valence-corrected chi connectivity index (χ0v) is 6.28. The molecule has 3 heteroatoms. The third kappa shape index (κ3) is 0.774. The molecule has 0 amide bonds. The Morgan fingerprint density at radius 1 is 1.55 bits per heavy atom. The van der Waals surface area contributed by atoms with E-state index in [9.17, 15) is 0 Å². The molecule has 11 heavy (non-hydrogen) atoms. The maximum atomic E-state index is 5.71. The normalized spacial score (nSPS) is 10.6. The molecule has 0 bridgehead atoms. The standard InChI is InChI=1S/C8H9N3/c1-6-4-7-2-3-10-5-8(7)11(6)9/h2-5H,9H2,1H3. The second-order valence-corrected chi connectivity index (χ2v) is 2.59. The summed E-state index contributed by atoms with van der Waals surface area (Å²) in [6.07, 6.45) is 3.53. The van der Waals surface area contributed by atoms with Gasteiger partial charge in [-0.05, 0) is 19.1 Å². The molecule has 0 saturated carbocycles. The van der Waals surface area contributed by atoms with Crippen LogP contribution in [-0.4, -0.2) is 9.66 Å². The fraction of sp³-hybridized carbons (Fsp3) is 0.125. The lowest BCUT2D eigenvalue weighted by molar-refractivity contribution is 0.996. The Labute approximate surface area is 64.4 Å². The molecule has 0 aliphatic rings. The second kappa shape index (κ2) is 1.99. The van der Waals surface area contributed by atoms with E-state index in [1.165, 1.54) is 0 Å². The molecule has 2 aromatic heterocycles. The maximum Gasteiger partial charge on any atom is 0.0876 e. The van der Waals surface area contributed by atoms with Crippen molar-refractivity contribution in [2.75, 3.05) is 5.84 Å². The molecule has 0 aliphatic heterocycles. The van der Waals surface area contributed by atoms with Gasteiger partial charge >= 0.3 is 0 Å². The van der Waals surface area contributed by atoms with Crippen molar-refractivity contribution >= 4 is 10.9 Å². The molecule has 0 unspecified atom stereocenters. The van der Waals surface area contributed by atoms with Crippen molar-refractivity contribution in [1.82, 2.24) is 9.66 Å². The number of nitrogens with zero attached hydrogens (tertiary/aromatic N) is 2. The van der Waals surface area contributed by atoms with Gasteiger partial charge in [0.2, 0.25) is 0 Å². The summed E-state index contributed by atoms with van der Waals surface area (Å²) in [5, 5.41) is 1.14. The molecule has 0 spiro atoms. The van der Waals surface area contributed by atoms with Crippen LogP contribution in [0.2, 0.25) is 0 Å². The van der Waals surface area contributed by atoms with Crippen molar-refractivity contribution in [3.05, 3.63) is 30.2 Å². The smallest absolute Gasteiger partial charge is 0.0876 e. The largest absolute Gasteiger partial charge is 0.339 e. The minimum atomic E-state index is 0.977. The van der Waals surface area contributed by atoms with E-state index in [-0.39, 0.29) is 0 Å². The summed E-state index contributed by atoms with van der Waals surface area (Å²) < 4.78 is 1.64. The van der Waals surface area contributed by atoms with Gasteiger partial charge in [0.1, 0.15) is 0 Å². The van der Waals surface area contributed by atoms with Crippen LogP contribution in [0.15, 0.2) is 24.5 Å². The second-order valence-electron chi connectivity index (χ2n) is 2.59. The zero-order chi connectivity index (χ0) is 7.84. The highest BCUT2D eigenvalue weighted by molar-refractivity contribution is 5.80. The number of fused-ring (bicyclic) bond motifs is 1. The molecule has 2 heterocycles. The summed E-state index contributed by atoms with van der Waals surface area (Å²) in [6.45, 7) is 1.97. The Morgan fingerprint density at radius 3 is 3.09 bits per heavy atom. The van der Waals surface area contributed by atoms with Crippen LogP contribution in [-0.2, 0) is 0 Å². The van der Waals surface area contributed by atoms with Crippen LogP contribution < -0.4 is 5.84 Å². The molecule has 0 aliphatic carbocycles. The first-order valence-electron chi connectivity index (χ1n) is 3.46. The third-order valence-corrected chi connectivity index (χ3v) is 1.84. The number of aryl methyl sites for hydroxylation is 1. The van der Waals surface area contributed by atoms with Crippen molar-refractivity contribution in [2.45, 2.75) is 6.92 Å². The van der Waals surface area contributed by atoms with Gasteiger partial charge in [-0.2, -0.15) is 0 Å². The number of pyridine rings is 1. The van der Waals surface area contributed by atoms with Gasteiger partial charge in [-0.25, -0.2) is 0 Å². The van der Waals surface area contributed by atoms with E-state index in [0.29, 0.717) is 0 Å². The summed E-state index contributed by atoms with van der Waals surface area (Å²) in [4.78, 5) is 3.99. The van der Waals surface area contributed by atoms with Gasteiger partial charge in [0, 0.05) is 17.3 Å². The molecule has 0 saturated heterocycles. The summed E-state index contributed by atoms with van der Waals surface area (Å²) >= 11 is 0. The fourth-order valence-electron chi connectivity index (χ4n) is 1.20. The van der Waals surface area contributed by atoms with Gasteiger partial charge in [-0.1, -0.05) is 0 Å². The molecular weight excluding hydrogens is 138 g/mol. The van der Waals surface area contributed by atoms with Crippen molar-refractivity contribution in [3.8, 4) is 0 Å². The van der Waals surface area contributed by atoms with Crippen LogP contribution in [0, 0.1) is 6.92 Å². The molecule has 0 radical (unpaired) electrons. The molecule has 3 nitrogen and oxygen atoms in total. The topological polar surface area (TPSA) is 43.8 Å². The van der Waals surface area contributed by atoms with Gasteiger partial charge < -0.3 is 5.84 Å². The van der Waals surface area contributed by atoms with Crippen molar-refractivity contribution in [3.63, 3.8) is 0 Å². The Morgan fingerprint density at radius 2 is 2.36 bits per heavy atom. The highest BCUT2D eigenvalue weighted by atomic mass is 15.3. The van der Waals surface area contributed by atoms with Crippen LogP contribution in [0.3, 0.4) is 0 Å². The van der Waals surface area contributed by atoms with E-state index >= 15 is 0 Å². The average Bonchev–Trinajstić information content (AvgIpc) is 2.30. The Balaban J connectivity index is 2.92. The predicted octanol–water partition coefficient (Wildman–Crippen LogP) is 1.06. The first kappa shape index (κ1) is 6.22. The van der Waals surface area contributed by atoms with E-state index in [1.807, 2.05) is 19.1 Å². The van der Waals surface area contributed by atoms with Gasteiger partial charge in [-0.3, -0.25) is 9.66 Å². The van der Waals surface area contributed by atoms with E-state index < -0.39 is 0 Å². The Hall–Kier alpha value is -1.51. The van der Waals surface area contributed by atoms with Crippen molar-refractivity contribution in [2.24, 2.45) is 0 Å². The molecule has 0 fully saturated rings. The molecule has 0 aromatic carbocycles. The minimum absolute atomic E-state index is 0.977. The summed E-state index contributed by atoms with van der Waals surface area (Å²) in [6, 6.07) is 3.99. The molecule has 2 aromatic rings. The van der Waals surface area contributed by atoms with E-state index in [0.717, 1.165) is 16.6 Å². The van der Waals surface area contributed by atoms with Crippen LogP contribution in [0.4, 0.5) is 0 Å². The number of hydrogen-bond donors (Lipinski definition) is 1. The van der Waals surface area contributed by atoms with E-state index in [4.69, 9.17) is 5.84 Å². The number of aromatic nitrogens is 2. The quantitative estimate of drug-likeness (QED) is 0.566. The van der Waals surface area contributed by atoms with E-state index in [1.54, 1.807) is 17.1 Å². The zero-order valence-electron chi connectivity index (χ0n) is 6.28. The highest BCUT2D eigenvalue weighted by Crippen LogP contribution is 2.14. The van der Waals surface area contributed by atoms with E-state index in [2.05, 4.69) is 4.98 Å². The molecule has 2 N–H and O–H groups in total. The first-order chi connectivity index (χ1) is 5.29. The molecule has 56 valence electrons. The van der Waals surface area contributed by atoms with Crippen LogP contribution in [0.1, 0.15) is 5.69 Å².